The number of hydrogen-bond acceptors (Lipinski definition) is 10. The molecule has 248 valence electrons. The van der Waals surface area contributed by atoms with Crippen LogP contribution < -0.4 is 10.6 Å². The number of rotatable bonds is 8. The van der Waals surface area contributed by atoms with Crippen molar-refractivity contribution in [2.24, 2.45) is 0 Å². The molecule has 0 spiro atoms. The van der Waals surface area contributed by atoms with Gasteiger partial charge >= 0.3 is 12.2 Å². The standard InChI is InChI=1S/C32H32N8O6S2/c1-45-31(43)34-13-25(41)39-9-3-5-23(39)29-33-12-22(38-29)19-16-48-27-18(15-47-28(19)27)17-7-8-20-21(11-17)37-30(36-20)24-6-4-10-40(24)26(42)14-35-32(44)46-2/h4,6-8,11-12,15-16,23-24H,3,5,9-10,13-14H2,1-2H3,(H,33,38)(H,34,43)(H,35,44)(H,36,37). The number of amides is 4. The highest BCUT2D eigenvalue weighted by Crippen LogP contribution is 2.44. The van der Waals surface area contributed by atoms with Crippen LogP contribution in [0.2, 0.25) is 0 Å². The second-order valence-corrected chi connectivity index (χ2v) is 13.1. The number of carbonyl (C=O) groups excluding carboxylic acids is 4. The summed E-state index contributed by atoms with van der Waals surface area (Å²) in [7, 11) is 2.52. The Balaban J connectivity index is 1.09. The monoisotopic (exact) mass is 688 g/mol. The van der Waals surface area contributed by atoms with Gasteiger partial charge in [-0.05, 0) is 30.5 Å². The lowest BCUT2D eigenvalue weighted by Crippen LogP contribution is -2.40. The van der Waals surface area contributed by atoms with Gasteiger partial charge in [0.2, 0.25) is 11.8 Å². The number of nitrogens with zero attached hydrogens (tertiary/aromatic N) is 4. The molecule has 16 heteroatoms. The number of carbonyl (C=O) groups is 4. The van der Waals surface area contributed by atoms with Gasteiger partial charge in [0.25, 0.3) is 0 Å². The molecule has 1 saturated heterocycles. The fourth-order valence-electron chi connectivity index (χ4n) is 6.20. The Hall–Kier alpha value is -5.22. The fraction of sp³-hybridized carbons (Fsp3) is 0.312. The van der Waals surface area contributed by atoms with Gasteiger partial charge in [0.15, 0.2) is 0 Å². The molecular formula is C32H32N8O6S2. The van der Waals surface area contributed by atoms with E-state index in [1.54, 1.807) is 32.5 Å². The Morgan fingerprint density at radius 1 is 0.938 bits per heavy atom. The van der Waals surface area contributed by atoms with Gasteiger partial charge in [0.05, 0.1) is 52.6 Å². The van der Waals surface area contributed by atoms with Gasteiger partial charge in [0, 0.05) is 35.0 Å². The predicted octanol–water partition coefficient (Wildman–Crippen LogP) is 4.71. The minimum absolute atomic E-state index is 0.128. The largest absolute Gasteiger partial charge is 0.453 e. The van der Waals surface area contributed by atoms with E-state index in [1.807, 2.05) is 24.4 Å². The number of likely N-dealkylation sites (tertiary alicyclic amines) is 1. The summed E-state index contributed by atoms with van der Waals surface area (Å²) in [5.74, 6) is 0.953. The summed E-state index contributed by atoms with van der Waals surface area (Å²) in [5.41, 5.74) is 5.74. The minimum Gasteiger partial charge on any atom is -0.453 e. The molecule has 14 nitrogen and oxygen atoms in total. The van der Waals surface area contributed by atoms with E-state index in [4.69, 9.17) is 4.98 Å². The Bertz CT molecular complexity index is 2060. The molecule has 2 unspecified atom stereocenters. The topological polar surface area (TPSA) is 175 Å². The Morgan fingerprint density at radius 2 is 1.65 bits per heavy atom. The lowest BCUT2D eigenvalue weighted by Gasteiger charge is -2.23. The van der Waals surface area contributed by atoms with Crippen molar-refractivity contribution < 1.29 is 28.7 Å². The van der Waals surface area contributed by atoms with Crippen LogP contribution in [-0.2, 0) is 19.1 Å². The first kappa shape index (κ1) is 31.4. The van der Waals surface area contributed by atoms with E-state index in [9.17, 15) is 19.2 Å². The molecular weight excluding hydrogens is 657 g/mol. The van der Waals surface area contributed by atoms with E-state index in [0.717, 1.165) is 61.5 Å². The molecule has 1 aromatic carbocycles. The van der Waals surface area contributed by atoms with Gasteiger partial charge in [0.1, 0.15) is 30.8 Å². The molecule has 2 aliphatic heterocycles. The van der Waals surface area contributed by atoms with Gasteiger partial charge in [-0.15, -0.1) is 22.7 Å². The third-order valence-electron chi connectivity index (χ3n) is 8.57. The molecule has 6 heterocycles. The minimum atomic E-state index is -0.658. The highest BCUT2D eigenvalue weighted by atomic mass is 32.1. The Kier molecular flexibility index (Phi) is 8.58. The molecule has 0 aliphatic carbocycles. The van der Waals surface area contributed by atoms with E-state index >= 15 is 0 Å². The molecule has 4 N–H and O–H groups in total. The number of thiophene rings is 2. The summed E-state index contributed by atoms with van der Waals surface area (Å²) in [6.45, 7) is 0.730. The summed E-state index contributed by atoms with van der Waals surface area (Å²) >= 11 is 3.33. The predicted molar refractivity (Wildman–Crippen MR) is 180 cm³/mol. The molecule has 0 radical (unpaired) electrons. The zero-order chi connectivity index (χ0) is 33.4. The molecule has 7 rings (SSSR count). The number of fused-ring (bicyclic) bond motifs is 2. The number of methoxy groups -OCH3 is 2. The normalized spacial score (nSPS) is 17.4. The number of aromatic nitrogens is 4. The highest BCUT2D eigenvalue weighted by Gasteiger charge is 2.32. The first-order chi connectivity index (χ1) is 23.3. The van der Waals surface area contributed by atoms with Gasteiger partial charge in [-0.1, -0.05) is 18.2 Å². The van der Waals surface area contributed by atoms with Crippen molar-refractivity contribution in [1.82, 2.24) is 40.4 Å². The van der Waals surface area contributed by atoms with Crippen molar-refractivity contribution >= 4 is 67.1 Å². The molecule has 5 aromatic rings. The van der Waals surface area contributed by atoms with Crippen LogP contribution in [0, 0.1) is 0 Å². The van der Waals surface area contributed by atoms with Crippen molar-refractivity contribution in [1.29, 1.82) is 0 Å². The van der Waals surface area contributed by atoms with E-state index in [0.29, 0.717) is 18.9 Å². The van der Waals surface area contributed by atoms with Gasteiger partial charge in [-0.2, -0.15) is 0 Å². The molecule has 4 amide bonds. The number of nitrogens with one attached hydrogen (secondary N) is 4. The van der Waals surface area contributed by atoms with E-state index in [1.165, 1.54) is 14.2 Å². The molecule has 48 heavy (non-hydrogen) atoms. The Labute approximate surface area is 282 Å². The number of benzene rings is 1. The van der Waals surface area contributed by atoms with Crippen LogP contribution in [0.3, 0.4) is 0 Å². The van der Waals surface area contributed by atoms with Crippen LogP contribution in [-0.4, -0.2) is 94.1 Å². The molecule has 0 saturated carbocycles. The van der Waals surface area contributed by atoms with Crippen molar-refractivity contribution in [2.45, 2.75) is 24.9 Å². The van der Waals surface area contributed by atoms with E-state index < -0.39 is 12.2 Å². The maximum Gasteiger partial charge on any atom is 0.407 e. The zero-order valence-corrected chi connectivity index (χ0v) is 27.7. The number of aromatic amines is 2. The number of ether oxygens (including phenoxy) is 2. The molecule has 2 aliphatic rings. The quantitative estimate of drug-likeness (QED) is 0.170. The van der Waals surface area contributed by atoms with Gasteiger partial charge < -0.3 is 39.9 Å². The average molecular weight is 689 g/mol. The lowest BCUT2D eigenvalue weighted by molar-refractivity contribution is -0.131. The number of imidazole rings is 2. The first-order valence-electron chi connectivity index (χ1n) is 15.3. The summed E-state index contributed by atoms with van der Waals surface area (Å²) in [6, 6.07) is 5.54. The molecule has 4 aromatic heterocycles. The van der Waals surface area contributed by atoms with Crippen LogP contribution in [0.5, 0.6) is 0 Å². The second-order valence-electron chi connectivity index (χ2n) is 11.3. The van der Waals surface area contributed by atoms with Crippen molar-refractivity contribution in [2.75, 3.05) is 40.4 Å². The molecule has 1 fully saturated rings. The Morgan fingerprint density at radius 3 is 2.40 bits per heavy atom. The highest BCUT2D eigenvalue weighted by molar-refractivity contribution is 7.27. The SMILES string of the molecule is COC(=O)NCC(=O)N1CC=CC1c1nc2ccc(-c3csc4c(-c5cnc(C6CCCN6C(=O)CNC(=O)OC)[nH]5)csc34)cc2[nH]1. The molecule has 2 atom stereocenters. The van der Waals surface area contributed by atoms with Crippen molar-refractivity contribution in [3.63, 3.8) is 0 Å². The lowest BCUT2D eigenvalue weighted by atomic mass is 10.1. The fourth-order valence-corrected chi connectivity index (χ4v) is 8.64. The van der Waals surface area contributed by atoms with Gasteiger partial charge in [-0.3, -0.25) is 9.59 Å². The maximum absolute atomic E-state index is 12.8. The van der Waals surface area contributed by atoms with Crippen LogP contribution >= 0.6 is 22.7 Å². The van der Waals surface area contributed by atoms with Gasteiger partial charge in [-0.25, -0.2) is 19.6 Å². The van der Waals surface area contributed by atoms with Crippen LogP contribution in [0.1, 0.15) is 36.6 Å². The van der Waals surface area contributed by atoms with Crippen LogP contribution in [0.15, 0.2) is 47.3 Å². The first-order valence-corrected chi connectivity index (χ1v) is 17.0. The smallest absolute Gasteiger partial charge is 0.407 e. The van der Waals surface area contributed by atoms with Crippen LogP contribution in [0.25, 0.3) is 42.8 Å². The summed E-state index contributed by atoms with van der Waals surface area (Å²) in [4.78, 5) is 68.2. The van der Waals surface area contributed by atoms with Crippen LogP contribution in [0.4, 0.5) is 9.59 Å². The number of hydrogen-bond donors (Lipinski definition) is 4. The molecule has 0 bridgehead atoms. The third-order valence-corrected chi connectivity index (χ3v) is 10.7. The van der Waals surface area contributed by atoms with Crippen molar-refractivity contribution in [3.8, 4) is 22.4 Å². The summed E-state index contributed by atoms with van der Waals surface area (Å²) in [6.07, 6.45) is 6.00. The van der Waals surface area contributed by atoms with E-state index in [2.05, 4.69) is 58.0 Å². The number of alkyl carbamates (subject to hydrolysis) is 2. The average Bonchev–Trinajstić information content (AvgIpc) is 3.94. The van der Waals surface area contributed by atoms with E-state index in [-0.39, 0.29) is 37.0 Å². The summed E-state index contributed by atoms with van der Waals surface area (Å²) in [5, 5.41) is 9.19. The second kappa shape index (κ2) is 13.1. The number of H-pyrrole nitrogens is 2. The maximum atomic E-state index is 12.8. The third kappa shape index (κ3) is 5.88. The zero-order valence-electron chi connectivity index (χ0n) is 26.1. The summed E-state index contributed by atoms with van der Waals surface area (Å²) < 4.78 is 11.5. The van der Waals surface area contributed by atoms with Crippen molar-refractivity contribution in [3.05, 3.63) is 59.0 Å².